The number of carbonyl (C=O) groups is 2. The zero-order valence-electron chi connectivity index (χ0n) is 11.6. The van der Waals surface area contributed by atoms with Crippen LogP contribution in [0.4, 0.5) is 14.9 Å². The van der Waals surface area contributed by atoms with Gasteiger partial charge in [0, 0.05) is 12.2 Å². The molecule has 0 aliphatic heterocycles. The summed E-state index contributed by atoms with van der Waals surface area (Å²) >= 11 is 0. The lowest BCUT2D eigenvalue weighted by Gasteiger charge is -2.24. The second-order valence-corrected chi connectivity index (χ2v) is 4.35. The summed E-state index contributed by atoms with van der Waals surface area (Å²) in [4.78, 5) is 24.4. The Morgan fingerprint density at radius 2 is 2.10 bits per heavy atom. The van der Waals surface area contributed by atoms with Gasteiger partial charge in [-0.25, -0.2) is 14.0 Å². The highest BCUT2D eigenvalue weighted by atomic mass is 19.1. The van der Waals surface area contributed by atoms with Crippen LogP contribution in [0.5, 0.6) is 0 Å². The molecular formula is C14H19FN2O3. The molecule has 1 aromatic carbocycles. The molecule has 2 amide bonds. The molecule has 0 fully saturated rings. The van der Waals surface area contributed by atoms with Gasteiger partial charge in [-0.05, 0) is 31.5 Å². The van der Waals surface area contributed by atoms with Crippen LogP contribution in [-0.2, 0) is 4.79 Å². The number of amides is 2. The Labute approximate surface area is 117 Å². The fourth-order valence-corrected chi connectivity index (χ4v) is 1.86. The number of nitrogens with one attached hydrogen (secondary N) is 1. The number of nitrogens with zero attached hydrogens (tertiary/aromatic N) is 1. The van der Waals surface area contributed by atoms with Crippen LogP contribution in [0.2, 0.25) is 0 Å². The Hall–Kier alpha value is -2.11. The summed E-state index contributed by atoms with van der Waals surface area (Å²) in [6, 6.07) is 4.14. The molecule has 0 aliphatic rings. The van der Waals surface area contributed by atoms with E-state index < -0.39 is 23.9 Å². The Morgan fingerprint density at radius 3 is 2.60 bits per heavy atom. The Morgan fingerprint density at radius 1 is 1.40 bits per heavy atom. The molecule has 1 unspecified atom stereocenters. The smallest absolute Gasteiger partial charge is 0.326 e. The van der Waals surface area contributed by atoms with Gasteiger partial charge in [0.2, 0.25) is 0 Å². The molecule has 0 saturated carbocycles. The first-order valence-corrected chi connectivity index (χ1v) is 6.56. The van der Waals surface area contributed by atoms with Gasteiger partial charge < -0.3 is 10.4 Å². The average Bonchev–Trinajstić information content (AvgIpc) is 2.39. The number of rotatable bonds is 6. The van der Waals surface area contributed by atoms with Crippen LogP contribution in [0.3, 0.4) is 0 Å². The maximum absolute atomic E-state index is 13.2. The molecule has 0 aliphatic carbocycles. The van der Waals surface area contributed by atoms with Crippen LogP contribution in [-0.4, -0.2) is 29.7 Å². The van der Waals surface area contributed by atoms with Crippen molar-refractivity contribution in [2.75, 3.05) is 11.4 Å². The minimum absolute atomic E-state index is 0.313. The Bertz CT molecular complexity index is 479. The van der Waals surface area contributed by atoms with E-state index in [1.807, 2.05) is 6.92 Å². The van der Waals surface area contributed by atoms with Crippen molar-refractivity contribution in [3.8, 4) is 0 Å². The van der Waals surface area contributed by atoms with Gasteiger partial charge in [0.1, 0.15) is 11.9 Å². The van der Waals surface area contributed by atoms with E-state index in [9.17, 15) is 14.0 Å². The first-order valence-electron chi connectivity index (χ1n) is 6.56. The molecule has 2 N–H and O–H groups in total. The lowest BCUT2D eigenvalue weighted by atomic mass is 10.2. The van der Waals surface area contributed by atoms with Crippen molar-refractivity contribution in [3.63, 3.8) is 0 Å². The van der Waals surface area contributed by atoms with E-state index >= 15 is 0 Å². The lowest BCUT2D eigenvalue weighted by Crippen LogP contribution is -2.48. The quantitative estimate of drug-likeness (QED) is 0.842. The maximum Gasteiger partial charge on any atom is 0.326 e. The van der Waals surface area contributed by atoms with Gasteiger partial charge in [-0.1, -0.05) is 19.4 Å². The van der Waals surface area contributed by atoms with Gasteiger partial charge >= 0.3 is 12.0 Å². The van der Waals surface area contributed by atoms with E-state index in [0.717, 1.165) is 0 Å². The molecule has 1 aromatic rings. The molecule has 0 aromatic heterocycles. The molecule has 110 valence electrons. The molecule has 1 rings (SSSR count). The molecule has 20 heavy (non-hydrogen) atoms. The molecule has 0 radical (unpaired) electrons. The monoisotopic (exact) mass is 282 g/mol. The molecule has 5 nitrogen and oxygen atoms in total. The van der Waals surface area contributed by atoms with Gasteiger partial charge in [0.15, 0.2) is 0 Å². The summed E-state index contributed by atoms with van der Waals surface area (Å²) < 4.78 is 13.2. The number of carboxylic acids is 1. The van der Waals surface area contributed by atoms with Gasteiger partial charge in [-0.15, -0.1) is 0 Å². The third-order valence-corrected chi connectivity index (χ3v) is 2.85. The molecular weight excluding hydrogens is 263 g/mol. The summed E-state index contributed by atoms with van der Waals surface area (Å²) in [5.41, 5.74) is 0.394. The van der Waals surface area contributed by atoms with Crippen LogP contribution >= 0.6 is 0 Å². The van der Waals surface area contributed by atoms with Crippen LogP contribution in [0.15, 0.2) is 24.3 Å². The summed E-state index contributed by atoms with van der Waals surface area (Å²) in [7, 11) is 0. The topological polar surface area (TPSA) is 69.6 Å². The highest BCUT2D eigenvalue weighted by Crippen LogP contribution is 2.15. The van der Waals surface area contributed by atoms with Crippen LogP contribution < -0.4 is 10.2 Å². The van der Waals surface area contributed by atoms with E-state index in [1.165, 1.54) is 23.1 Å². The fourth-order valence-electron chi connectivity index (χ4n) is 1.86. The number of carboxylic acid groups (broad SMARTS) is 1. The molecule has 0 saturated heterocycles. The molecule has 0 heterocycles. The van der Waals surface area contributed by atoms with E-state index in [0.29, 0.717) is 25.1 Å². The Kier molecular flexibility index (Phi) is 5.96. The first-order chi connectivity index (χ1) is 9.49. The number of urea groups is 1. The van der Waals surface area contributed by atoms with Gasteiger partial charge in [-0.2, -0.15) is 0 Å². The number of aliphatic carboxylic acids is 1. The predicted molar refractivity (Wildman–Crippen MR) is 74.3 cm³/mol. The second kappa shape index (κ2) is 7.47. The maximum atomic E-state index is 13.2. The number of hydrogen-bond donors (Lipinski definition) is 2. The number of halogens is 1. The zero-order valence-corrected chi connectivity index (χ0v) is 11.6. The zero-order chi connectivity index (χ0) is 15.1. The lowest BCUT2D eigenvalue weighted by molar-refractivity contribution is -0.139. The minimum Gasteiger partial charge on any atom is -0.480 e. The fraction of sp³-hybridized carbons (Fsp3) is 0.429. The molecule has 6 heteroatoms. The van der Waals surface area contributed by atoms with Crippen molar-refractivity contribution in [3.05, 3.63) is 30.1 Å². The van der Waals surface area contributed by atoms with E-state index in [4.69, 9.17) is 5.11 Å². The highest BCUT2D eigenvalue weighted by molar-refractivity contribution is 5.94. The standard InChI is InChI=1S/C14H19FN2O3/c1-3-6-12(13(18)19)16-14(20)17(4-2)11-8-5-7-10(15)9-11/h5,7-9,12H,3-4,6H2,1-2H3,(H,16,20)(H,18,19). The van der Waals surface area contributed by atoms with Crippen molar-refractivity contribution in [1.82, 2.24) is 5.32 Å². The highest BCUT2D eigenvalue weighted by Gasteiger charge is 2.22. The number of hydrogen-bond acceptors (Lipinski definition) is 2. The summed E-state index contributed by atoms with van der Waals surface area (Å²) in [6.07, 6.45) is 0.991. The first kappa shape index (κ1) is 15.9. The number of anilines is 1. The van der Waals surface area contributed by atoms with Crippen molar-refractivity contribution >= 4 is 17.7 Å². The normalized spacial score (nSPS) is 11.8. The van der Waals surface area contributed by atoms with Gasteiger partial charge in [0.05, 0.1) is 0 Å². The number of benzene rings is 1. The summed E-state index contributed by atoms with van der Waals surface area (Å²) in [5.74, 6) is -1.52. The van der Waals surface area contributed by atoms with Crippen LogP contribution in [0.1, 0.15) is 26.7 Å². The van der Waals surface area contributed by atoms with E-state index in [-0.39, 0.29) is 0 Å². The molecule has 0 spiro atoms. The minimum atomic E-state index is -1.07. The average molecular weight is 282 g/mol. The third-order valence-electron chi connectivity index (χ3n) is 2.85. The van der Waals surface area contributed by atoms with Crippen LogP contribution in [0.25, 0.3) is 0 Å². The third kappa shape index (κ3) is 4.22. The predicted octanol–water partition coefficient (Wildman–Crippen LogP) is 2.61. The van der Waals surface area contributed by atoms with Gasteiger partial charge in [0.25, 0.3) is 0 Å². The summed E-state index contributed by atoms with van der Waals surface area (Å²) in [6.45, 7) is 3.89. The van der Waals surface area contributed by atoms with Crippen LogP contribution in [0, 0.1) is 5.82 Å². The van der Waals surface area contributed by atoms with Gasteiger partial charge in [-0.3, -0.25) is 4.90 Å². The van der Waals surface area contributed by atoms with Crippen molar-refractivity contribution in [2.45, 2.75) is 32.7 Å². The van der Waals surface area contributed by atoms with Crippen molar-refractivity contribution in [1.29, 1.82) is 0 Å². The van der Waals surface area contributed by atoms with E-state index in [2.05, 4.69) is 5.32 Å². The number of carbonyl (C=O) groups excluding carboxylic acids is 1. The molecule has 1 atom stereocenters. The van der Waals surface area contributed by atoms with E-state index in [1.54, 1.807) is 13.0 Å². The largest absolute Gasteiger partial charge is 0.480 e. The van der Waals surface area contributed by atoms with Crippen molar-refractivity contribution < 1.29 is 19.1 Å². The SMILES string of the molecule is CCCC(NC(=O)N(CC)c1cccc(F)c1)C(=O)O. The molecule has 0 bridgehead atoms. The Balaban J connectivity index is 2.84. The summed E-state index contributed by atoms with van der Waals surface area (Å²) in [5, 5.41) is 11.5. The second-order valence-electron chi connectivity index (χ2n) is 4.35. The van der Waals surface area contributed by atoms with Crippen molar-refractivity contribution in [2.24, 2.45) is 0 Å².